The Labute approximate surface area is 105 Å². The van der Waals surface area contributed by atoms with Gasteiger partial charge in [-0.1, -0.05) is 0 Å². The number of anilines is 1. The van der Waals surface area contributed by atoms with E-state index in [0.29, 0.717) is 5.82 Å². The van der Waals surface area contributed by atoms with Gasteiger partial charge in [-0.05, 0) is 35.0 Å². The lowest BCUT2D eigenvalue weighted by Crippen LogP contribution is -2.12. The summed E-state index contributed by atoms with van der Waals surface area (Å²) in [5, 5.41) is 6.34. The Balaban J connectivity index is 2.31. The number of sulfonamides is 1. The Morgan fingerprint density at radius 1 is 1.50 bits per heavy atom. The van der Waals surface area contributed by atoms with E-state index >= 15 is 0 Å². The van der Waals surface area contributed by atoms with Crippen molar-refractivity contribution in [3.63, 3.8) is 0 Å². The molecule has 0 saturated heterocycles. The van der Waals surface area contributed by atoms with Crippen molar-refractivity contribution in [2.24, 2.45) is 0 Å². The molecular weight excluding hydrogens is 314 g/mol. The van der Waals surface area contributed by atoms with Gasteiger partial charge in [0.1, 0.15) is 10.0 Å². The minimum atomic E-state index is -3.52. The van der Waals surface area contributed by atoms with Crippen LogP contribution in [0.25, 0.3) is 0 Å². The van der Waals surface area contributed by atoms with E-state index in [-0.39, 0.29) is 4.21 Å². The molecule has 0 aromatic carbocycles. The summed E-state index contributed by atoms with van der Waals surface area (Å²) in [6.45, 7) is 1.77. The van der Waals surface area contributed by atoms with Crippen LogP contribution in [0.2, 0.25) is 0 Å². The van der Waals surface area contributed by atoms with E-state index in [1.54, 1.807) is 25.3 Å². The van der Waals surface area contributed by atoms with Gasteiger partial charge in [0.15, 0.2) is 0 Å². The zero-order chi connectivity index (χ0) is 11.8. The normalized spacial score (nSPS) is 11.6. The van der Waals surface area contributed by atoms with Crippen LogP contribution in [0.1, 0.15) is 5.56 Å². The third kappa shape index (κ3) is 2.28. The molecule has 0 bridgehead atoms. The van der Waals surface area contributed by atoms with Crippen molar-refractivity contribution in [2.75, 3.05) is 4.72 Å². The molecule has 0 atom stereocenters. The van der Waals surface area contributed by atoms with Crippen molar-refractivity contribution in [2.45, 2.75) is 11.1 Å². The Morgan fingerprint density at radius 3 is 2.75 bits per heavy atom. The number of nitrogens with one attached hydrogen (secondary N) is 2. The van der Waals surface area contributed by atoms with Crippen LogP contribution in [0.4, 0.5) is 5.82 Å². The molecule has 2 aromatic heterocycles. The largest absolute Gasteiger partial charge is 0.272 e. The summed E-state index contributed by atoms with van der Waals surface area (Å²) in [4.78, 5) is 0. The summed E-state index contributed by atoms with van der Waals surface area (Å²) in [5.41, 5.74) is 0.749. The van der Waals surface area contributed by atoms with Gasteiger partial charge >= 0.3 is 0 Å². The smallest absolute Gasteiger partial charge is 0.263 e. The number of aryl methyl sites for hydroxylation is 1. The Morgan fingerprint density at radius 2 is 2.25 bits per heavy atom. The molecule has 2 heterocycles. The number of hydrogen-bond acceptors (Lipinski definition) is 4. The molecule has 0 aliphatic carbocycles. The number of rotatable bonds is 3. The van der Waals surface area contributed by atoms with Crippen molar-refractivity contribution in [3.8, 4) is 0 Å². The third-order valence-electron chi connectivity index (χ3n) is 1.88. The fourth-order valence-electron chi connectivity index (χ4n) is 1.08. The molecule has 0 amide bonds. The highest BCUT2D eigenvalue weighted by molar-refractivity contribution is 9.11. The predicted molar refractivity (Wildman–Crippen MR) is 66.2 cm³/mol. The van der Waals surface area contributed by atoms with Gasteiger partial charge in [-0.15, -0.1) is 11.3 Å². The molecule has 2 rings (SSSR count). The molecule has 5 nitrogen and oxygen atoms in total. The lowest BCUT2D eigenvalue weighted by atomic mass is 10.4. The van der Waals surface area contributed by atoms with Crippen LogP contribution in [0.5, 0.6) is 0 Å². The van der Waals surface area contributed by atoms with Crippen LogP contribution >= 0.6 is 27.3 Å². The van der Waals surface area contributed by atoms with Crippen molar-refractivity contribution < 1.29 is 8.42 Å². The number of nitrogens with zero attached hydrogens (tertiary/aromatic N) is 1. The molecule has 2 aromatic rings. The van der Waals surface area contributed by atoms with Gasteiger partial charge < -0.3 is 0 Å². The summed E-state index contributed by atoms with van der Waals surface area (Å²) in [6.07, 6.45) is 1.56. The van der Waals surface area contributed by atoms with Crippen molar-refractivity contribution in [1.29, 1.82) is 0 Å². The summed E-state index contributed by atoms with van der Waals surface area (Å²) >= 11 is 4.38. The summed E-state index contributed by atoms with van der Waals surface area (Å²) < 4.78 is 27.3. The van der Waals surface area contributed by atoms with Gasteiger partial charge in [0.2, 0.25) is 0 Å². The molecule has 86 valence electrons. The lowest BCUT2D eigenvalue weighted by molar-refractivity contribution is 0.603. The van der Waals surface area contributed by atoms with E-state index in [4.69, 9.17) is 0 Å². The van der Waals surface area contributed by atoms with Crippen LogP contribution in [0.3, 0.4) is 0 Å². The van der Waals surface area contributed by atoms with E-state index in [0.717, 1.165) is 20.7 Å². The quantitative estimate of drug-likeness (QED) is 0.911. The van der Waals surface area contributed by atoms with Crippen molar-refractivity contribution in [3.05, 3.63) is 27.7 Å². The molecule has 0 aliphatic rings. The first-order valence-corrected chi connectivity index (χ1v) is 7.36. The first-order valence-electron chi connectivity index (χ1n) is 4.27. The van der Waals surface area contributed by atoms with Crippen LogP contribution in [-0.2, 0) is 10.0 Å². The fraction of sp³-hybridized carbons (Fsp3) is 0.125. The summed E-state index contributed by atoms with van der Waals surface area (Å²) in [6, 6.07) is 3.24. The van der Waals surface area contributed by atoms with Crippen LogP contribution in [-0.4, -0.2) is 18.6 Å². The molecule has 0 fully saturated rings. The number of aromatic amines is 1. The van der Waals surface area contributed by atoms with Crippen LogP contribution < -0.4 is 4.72 Å². The average molecular weight is 322 g/mol. The second-order valence-electron chi connectivity index (χ2n) is 3.09. The molecule has 0 radical (unpaired) electrons. The minimum Gasteiger partial charge on any atom is -0.263 e. The Bertz CT molecular complexity index is 602. The van der Waals surface area contributed by atoms with Gasteiger partial charge in [-0.3, -0.25) is 9.82 Å². The molecule has 0 aliphatic heterocycles. The number of aromatic nitrogens is 2. The van der Waals surface area contributed by atoms with Crippen LogP contribution in [0, 0.1) is 6.92 Å². The second-order valence-corrected chi connectivity index (χ2v) is 7.46. The number of halogens is 1. The zero-order valence-electron chi connectivity index (χ0n) is 8.19. The maximum absolute atomic E-state index is 11.9. The number of hydrogen-bond donors (Lipinski definition) is 2. The maximum Gasteiger partial charge on any atom is 0.272 e. The van der Waals surface area contributed by atoms with Gasteiger partial charge in [0, 0.05) is 5.56 Å². The van der Waals surface area contributed by atoms with Gasteiger partial charge in [-0.2, -0.15) is 5.10 Å². The zero-order valence-corrected chi connectivity index (χ0v) is 11.4. The van der Waals surface area contributed by atoms with Crippen molar-refractivity contribution in [1.82, 2.24) is 10.2 Å². The predicted octanol–water partition coefficient (Wildman–Crippen LogP) is 2.34. The van der Waals surface area contributed by atoms with E-state index in [2.05, 4.69) is 30.8 Å². The maximum atomic E-state index is 11.9. The highest BCUT2D eigenvalue weighted by atomic mass is 79.9. The summed E-state index contributed by atoms with van der Waals surface area (Å²) in [5.74, 6) is 0.393. The molecule has 0 saturated carbocycles. The average Bonchev–Trinajstić information content (AvgIpc) is 2.77. The number of H-pyrrole nitrogens is 1. The van der Waals surface area contributed by atoms with Crippen LogP contribution in [0.15, 0.2) is 26.3 Å². The molecular formula is C8H8BrN3O2S2. The molecule has 2 N–H and O–H groups in total. The molecule has 16 heavy (non-hydrogen) atoms. The minimum absolute atomic E-state index is 0.258. The highest BCUT2D eigenvalue weighted by Gasteiger charge is 2.18. The molecule has 0 spiro atoms. The topological polar surface area (TPSA) is 74.8 Å². The van der Waals surface area contributed by atoms with Crippen molar-refractivity contribution >= 4 is 43.1 Å². The van der Waals surface area contributed by atoms with E-state index in [1.807, 2.05) is 0 Å². The SMILES string of the molecule is Cc1cn[nH]c1NS(=O)(=O)c1ccc(Br)s1. The Kier molecular flexibility index (Phi) is 3.04. The number of thiophene rings is 1. The van der Waals surface area contributed by atoms with Gasteiger partial charge in [0.05, 0.1) is 9.98 Å². The van der Waals surface area contributed by atoms with E-state index in [9.17, 15) is 8.42 Å². The highest BCUT2D eigenvalue weighted by Crippen LogP contribution is 2.27. The second kappa shape index (κ2) is 4.19. The first kappa shape index (κ1) is 11.6. The van der Waals surface area contributed by atoms with E-state index < -0.39 is 10.0 Å². The third-order valence-corrected chi connectivity index (χ3v) is 5.34. The molecule has 0 unspecified atom stereocenters. The molecule has 8 heteroatoms. The van der Waals surface area contributed by atoms with E-state index in [1.165, 1.54) is 0 Å². The van der Waals surface area contributed by atoms with Gasteiger partial charge in [-0.25, -0.2) is 8.42 Å². The Hall–Kier alpha value is -0.860. The fourth-order valence-corrected chi connectivity index (χ4v) is 4.17. The monoisotopic (exact) mass is 321 g/mol. The summed E-state index contributed by atoms with van der Waals surface area (Å²) in [7, 11) is -3.52. The first-order chi connectivity index (χ1) is 7.49. The lowest BCUT2D eigenvalue weighted by Gasteiger charge is -2.03. The van der Waals surface area contributed by atoms with Gasteiger partial charge in [0.25, 0.3) is 10.0 Å². The standard InChI is InChI=1S/C8H8BrN3O2S2/c1-5-4-10-11-8(5)12-16(13,14)7-3-2-6(9)15-7/h2-4H,1H3,(H2,10,11,12).